The number of rotatable bonds is 9. The van der Waals surface area contributed by atoms with Gasteiger partial charge in [0.05, 0.1) is 23.2 Å². The Morgan fingerprint density at radius 1 is 0.880 bits per heavy atom. The second kappa shape index (κ2) is 28.4. The van der Waals surface area contributed by atoms with Crippen molar-refractivity contribution in [2.75, 3.05) is 27.9 Å². The number of aliphatic hydroxyl groups excluding tert-OH is 1. The van der Waals surface area contributed by atoms with E-state index in [0.29, 0.717) is 69.8 Å². The van der Waals surface area contributed by atoms with E-state index in [-0.39, 0.29) is 55.3 Å². The Morgan fingerprint density at radius 3 is 2.28 bits per heavy atom. The number of amides is 1. The minimum absolute atomic E-state index is 0.00524. The molecule has 2 bridgehead atoms. The maximum Gasteiger partial charge on any atom is 0.373 e. The van der Waals surface area contributed by atoms with Gasteiger partial charge < -0.3 is 43.5 Å². The highest BCUT2D eigenvalue weighted by atomic mass is 32.1. The molecule has 4 heterocycles. The summed E-state index contributed by atoms with van der Waals surface area (Å²) in [6, 6.07) is -1.17. The van der Waals surface area contributed by atoms with E-state index < -0.39 is 95.9 Å². The number of aromatic nitrogens is 1. The Kier molecular flexibility index (Phi) is 23.3. The molecule has 1 saturated carbocycles. The number of hydrogen-bond donors (Lipinski definition) is 2. The highest BCUT2D eigenvalue weighted by Crippen LogP contribution is 2.38. The number of ether oxygens (including phenoxy) is 6. The van der Waals surface area contributed by atoms with Crippen molar-refractivity contribution in [1.29, 1.82) is 0 Å². The molecule has 5 rings (SSSR count). The van der Waals surface area contributed by atoms with Crippen LogP contribution in [0, 0.1) is 49.4 Å². The molecule has 17 heteroatoms. The van der Waals surface area contributed by atoms with Crippen LogP contribution in [-0.2, 0) is 63.7 Å². The van der Waals surface area contributed by atoms with Crippen molar-refractivity contribution in [1.82, 2.24) is 4.90 Å². The van der Waals surface area contributed by atoms with Gasteiger partial charge in [-0.15, -0.1) is 0 Å². The Morgan fingerprint density at radius 2 is 1.61 bits per heavy atom. The van der Waals surface area contributed by atoms with Crippen LogP contribution in [0.15, 0.2) is 53.1 Å². The number of carbonyl (C=O) groups excluding carboxylic acids is 6. The van der Waals surface area contributed by atoms with Crippen LogP contribution in [0.3, 0.4) is 0 Å². The summed E-state index contributed by atoms with van der Waals surface area (Å²) in [7, 11) is 4.54. The zero-order chi connectivity index (χ0) is 55.3. The van der Waals surface area contributed by atoms with Gasteiger partial charge in [0.2, 0.25) is 17.8 Å². The molecule has 4 aliphatic rings. The van der Waals surface area contributed by atoms with E-state index in [9.17, 15) is 39.0 Å². The van der Waals surface area contributed by atoms with Crippen LogP contribution in [-0.4, -0.2) is 133 Å². The summed E-state index contributed by atoms with van der Waals surface area (Å²) >= 11 is 1.57. The molecule has 2 N–H and O–H groups in total. The third-order valence-electron chi connectivity index (χ3n) is 16.3. The number of ketones is 3. The molecule has 3 aliphatic heterocycles. The first-order chi connectivity index (χ1) is 35.5. The van der Waals surface area contributed by atoms with Crippen LogP contribution in [0.5, 0.6) is 0 Å². The predicted molar refractivity (Wildman–Crippen MR) is 283 cm³/mol. The van der Waals surface area contributed by atoms with Crippen molar-refractivity contribution >= 4 is 46.5 Å². The second-order valence-electron chi connectivity index (χ2n) is 22.0. The standard InChI is InChI=1S/C58H87N2O14S/c1-34-18-14-13-15-19-35(2)48(69-10)30-44-23-21-40(7)58(68,74-44)55(65)56(66)60-25-17-16-20-45(60)57(67)73-49(31-46(61)36(3)27-39(6)53(64)54(71-12)52(63)38(5)26-34)37(4)28-43-22-24-47(50(29-43)70-11)72-51(62)32-59-33-75-42(9)41(59)8/h13-15,18-19,27,33-34,36-38,40,43-45,47-50,53-54,64,68H,16-17,20-26,28-32H2,1-12H3/q+1/b15-13+,18-14+,35-19+,39-27+/t34-,36-,37-,38-,40-,43+,44+,45+,47-,48-,49+,50-,53-,54+,58-/m1/s1. The fourth-order valence-electron chi connectivity index (χ4n) is 11.2. The number of carbonyl (C=O) groups is 6. The van der Waals surface area contributed by atoms with Crippen molar-refractivity contribution in [3.63, 3.8) is 0 Å². The molecule has 0 radical (unpaired) electrons. The van der Waals surface area contributed by atoms with Crippen LogP contribution in [0.4, 0.5) is 0 Å². The van der Waals surface area contributed by atoms with E-state index in [1.807, 2.05) is 82.0 Å². The van der Waals surface area contributed by atoms with Crippen molar-refractivity contribution in [3.05, 3.63) is 63.7 Å². The first-order valence-corrected chi connectivity index (χ1v) is 28.0. The Hall–Kier alpha value is -4.23. The maximum atomic E-state index is 14.6. The number of cyclic esters (lactones) is 1. The van der Waals surface area contributed by atoms with Gasteiger partial charge in [0.1, 0.15) is 36.2 Å². The molecule has 1 aromatic rings. The van der Waals surface area contributed by atoms with Crippen LogP contribution >= 0.6 is 11.3 Å². The Labute approximate surface area is 449 Å². The fraction of sp³-hybridized carbons (Fsp3) is 0.707. The number of Topliss-reactive ketones (excluding diaryl/α,β-unsaturated/α-hetero) is 3. The SMILES string of the molecule is CO[C@@H]1C[C@@H]2CC[C@@H](C)[C@@](O)(O2)C(=O)C(=O)N2CCCC[C@H]2C(=O)O[C@H]([C@H](C)C[C@@H]2CC[C@@H](OC(=O)C[n+]3csc(C)c3C)[C@H](OC)C2)CC(=O)[C@H](C)/C=C(\C)[C@@H](O)[C@@H](OC)C(=O)[C@H](C)C[C@H](C)/C=C/C=C/C=C/1C. The minimum atomic E-state index is -2.45. The van der Waals surface area contributed by atoms with E-state index in [2.05, 4.69) is 0 Å². The van der Waals surface area contributed by atoms with E-state index in [1.54, 1.807) is 52.4 Å². The maximum absolute atomic E-state index is 14.6. The van der Waals surface area contributed by atoms with Gasteiger partial charge in [0.25, 0.3) is 11.7 Å². The number of nitrogens with zero attached hydrogens (tertiary/aromatic N) is 2. The number of thiazole rings is 1. The Bertz CT molecular complexity index is 2270. The predicted octanol–water partition coefficient (Wildman–Crippen LogP) is 7.40. The molecule has 1 amide bonds. The molecule has 2 saturated heterocycles. The number of esters is 2. The first kappa shape index (κ1) is 61.6. The van der Waals surface area contributed by atoms with E-state index >= 15 is 0 Å². The van der Waals surface area contributed by atoms with Crippen LogP contribution in [0.1, 0.15) is 136 Å². The van der Waals surface area contributed by atoms with Gasteiger partial charge in [0.15, 0.2) is 11.5 Å². The van der Waals surface area contributed by atoms with Crippen molar-refractivity contribution in [2.45, 2.75) is 200 Å². The van der Waals surface area contributed by atoms with Gasteiger partial charge in [-0.05, 0) is 114 Å². The van der Waals surface area contributed by atoms with Gasteiger partial charge in [-0.2, -0.15) is 4.57 Å². The number of aryl methyl sites for hydroxylation is 1. The lowest BCUT2D eigenvalue weighted by molar-refractivity contribution is -0.687. The highest BCUT2D eigenvalue weighted by molar-refractivity contribution is 7.09. The van der Waals surface area contributed by atoms with Gasteiger partial charge in [-0.25, -0.2) is 9.59 Å². The number of methoxy groups -OCH3 is 3. The van der Waals surface area contributed by atoms with E-state index in [1.165, 1.54) is 12.0 Å². The van der Waals surface area contributed by atoms with Crippen LogP contribution in [0.25, 0.3) is 0 Å². The van der Waals surface area contributed by atoms with Gasteiger partial charge in [-0.3, -0.25) is 19.2 Å². The summed E-state index contributed by atoms with van der Waals surface area (Å²) in [4.78, 5) is 86.9. The Balaban J connectivity index is 1.43. The summed E-state index contributed by atoms with van der Waals surface area (Å²) in [5.41, 5.74) is 4.16. The van der Waals surface area contributed by atoms with Gasteiger partial charge >= 0.3 is 11.9 Å². The van der Waals surface area contributed by atoms with E-state index in [0.717, 1.165) is 16.1 Å². The van der Waals surface area contributed by atoms with Gasteiger partial charge in [0, 0.05) is 65.4 Å². The normalized spacial score (nSPS) is 36.5. The quantitative estimate of drug-likeness (QED) is 0.107. The first-order valence-electron chi connectivity index (χ1n) is 27.2. The summed E-state index contributed by atoms with van der Waals surface area (Å²) < 4.78 is 37.8. The third kappa shape index (κ3) is 16.2. The molecular weight excluding hydrogens is 981 g/mol. The minimum Gasteiger partial charge on any atom is -0.460 e. The molecule has 0 aromatic carbocycles. The largest absolute Gasteiger partial charge is 0.460 e. The number of piperidine rings is 1. The van der Waals surface area contributed by atoms with Gasteiger partial charge in [-0.1, -0.05) is 82.4 Å². The summed E-state index contributed by atoms with van der Waals surface area (Å²) in [6.07, 6.45) is 10.9. The molecule has 16 nitrogen and oxygen atoms in total. The number of allylic oxidation sites excluding steroid dienone is 6. The smallest absolute Gasteiger partial charge is 0.373 e. The summed E-state index contributed by atoms with van der Waals surface area (Å²) in [5.74, 6) is -8.61. The highest BCUT2D eigenvalue weighted by Gasteiger charge is 2.53. The van der Waals surface area contributed by atoms with Crippen molar-refractivity contribution in [2.24, 2.45) is 35.5 Å². The topological polar surface area (TPSA) is 205 Å². The third-order valence-corrected chi connectivity index (χ3v) is 17.3. The number of fused-ring (bicyclic) bond motifs is 3. The molecule has 75 heavy (non-hydrogen) atoms. The monoisotopic (exact) mass is 1070 g/mol. The summed E-state index contributed by atoms with van der Waals surface area (Å²) in [5, 5.41) is 23.6. The molecule has 0 spiro atoms. The van der Waals surface area contributed by atoms with Crippen molar-refractivity contribution in [3.8, 4) is 0 Å². The van der Waals surface area contributed by atoms with Crippen LogP contribution in [0.2, 0.25) is 0 Å². The average molecular weight is 1070 g/mol. The molecule has 418 valence electrons. The molecule has 3 fully saturated rings. The average Bonchev–Trinajstić information content (AvgIpc) is 3.69. The lowest BCUT2D eigenvalue weighted by Gasteiger charge is -2.42. The zero-order valence-corrected chi connectivity index (χ0v) is 47.4. The zero-order valence-electron chi connectivity index (χ0n) is 46.6. The molecule has 0 unspecified atom stereocenters. The lowest BCUT2D eigenvalue weighted by Crippen LogP contribution is -2.61. The molecule has 15 atom stereocenters. The molecule has 1 aromatic heterocycles. The summed E-state index contributed by atoms with van der Waals surface area (Å²) in [6.45, 7) is 16.8. The number of hydrogen-bond acceptors (Lipinski definition) is 15. The van der Waals surface area contributed by atoms with Crippen molar-refractivity contribution < 1.29 is 72.0 Å². The lowest BCUT2D eigenvalue weighted by atomic mass is 9.78. The molecular formula is C58H87N2O14S+. The fourth-order valence-corrected chi connectivity index (χ4v) is 12.1. The number of aliphatic hydroxyl groups is 2. The second-order valence-corrected chi connectivity index (χ2v) is 23.1. The van der Waals surface area contributed by atoms with E-state index in [4.69, 9.17) is 28.4 Å². The molecule has 1 aliphatic carbocycles. The van der Waals surface area contributed by atoms with Crippen LogP contribution < -0.4 is 4.57 Å².